The number of carbonyl (C=O) groups is 1. The van der Waals surface area contributed by atoms with Crippen molar-refractivity contribution in [3.8, 4) is 0 Å². The maximum absolute atomic E-state index is 14.7. The van der Waals surface area contributed by atoms with Gasteiger partial charge in [-0.2, -0.15) is 0 Å². The summed E-state index contributed by atoms with van der Waals surface area (Å²) in [6.07, 6.45) is 2.14. The van der Waals surface area contributed by atoms with E-state index in [1.807, 2.05) is 19.1 Å². The second kappa shape index (κ2) is 6.09. The summed E-state index contributed by atoms with van der Waals surface area (Å²) >= 11 is 0. The number of hydrogen-bond acceptors (Lipinski definition) is 3. The predicted octanol–water partition coefficient (Wildman–Crippen LogP) is 3.24. The molecule has 0 bridgehead atoms. The van der Waals surface area contributed by atoms with Crippen molar-refractivity contribution in [3.05, 3.63) is 53.3 Å². The fourth-order valence-corrected chi connectivity index (χ4v) is 5.53. The number of fused-ring (bicyclic) bond motifs is 2. The molecule has 2 aromatic rings. The molecule has 2 aromatic carbocycles. The molecule has 0 aliphatic carbocycles. The van der Waals surface area contributed by atoms with E-state index >= 15 is 0 Å². The predicted molar refractivity (Wildman–Crippen MR) is 97.2 cm³/mol. The molecule has 0 fully saturated rings. The molecule has 26 heavy (non-hydrogen) atoms. The van der Waals surface area contributed by atoms with Crippen LogP contribution in [0, 0.1) is 5.82 Å². The van der Waals surface area contributed by atoms with Gasteiger partial charge in [0.05, 0.1) is 5.69 Å². The van der Waals surface area contributed by atoms with Crippen LogP contribution in [0.4, 0.5) is 15.8 Å². The van der Waals surface area contributed by atoms with Crippen LogP contribution in [0.1, 0.15) is 30.9 Å². The Balaban J connectivity index is 1.84. The van der Waals surface area contributed by atoms with Crippen LogP contribution in [0.15, 0.2) is 41.3 Å². The highest BCUT2D eigenvalue weighted by molar-refractivity contribution is 7.92. The third-order valence-corrected chi connectivity index (χ3v) is 6.99. The van der Waals surface area contributed by atoms with Gasteiger partial charge in [0, 0.05) is 18.2 Å². The van der Waals surface area contributed by atoms with E-state index in [-0.39, 0.29) is 23.3 Å². The van der Waals surface area contributed by atoms with E-state index in [2.05, 4.69) is 5.32 Å². The molecule has 5 nitrogen and oxygen atoms in total. The third kappa shape index (κ3) is 2.67. The van der Waals surface area contributed by atoms with Gasteiger partial charge in [-0.3, -0.25) is 9.10 Å². The van der Waals surface area contributed by atoms with Gasteiger partial charge in [-0.15, -0.1) is 0 Å². The lowest BCUT2D eigenvalue weighted by atomic mass is 9.99. The Morgan fingerprint density at radius 3 is 2.69 bits per heavy atom. The van der Waals surface area contributed by atoms with E-state index in [4.69, 9.17) is 0 Å². The fraction of sp³-hybridized carbons (Fsp3) is 0.316. The van der Waals surface area contributed by atoms with Crippen LogP contribution < -0.4 is 9.62 Å². The Morgan fingerprint density at radius 1 is 1.12 bits per heavy atom. The average Bonchev–Trinajstić information content (AvgIpc) is 2.60. The molecule has 0 spiro atoms. The number of rotatable bonds is 2. The molecular formula is C19H19FN2O3S. The Morgan fingerprint density at radius 2 is 1.88 bits per heavy atom. The Labute approximate surface area is 151 Å². The zero-order valence-corrected chi connectivity index (χ0v) is 15.1. The van der Waals surface area contributed by atoms with Crippen LogP contribution in [-0.2, 0) is 27.7 Å². The smallest absolute Gasteiger partial charge is 0.267 e. The molecule has 136 valence electrons. The first-order valence-corrected chi connectivity index (χ1v) is 10.1. The zero-order chi connectivity index (χ0) is 18.5. The number of aryl methyl sites for hydroxylation is 2. The summed E-state index contributed by atoms with van der Waals surface area (Å²) < 4.78 is 42.7. The lowest BCUT2D eigenvalue weighted by Crippen LogP contribution is -2.42. The minimum atomic E-state index is -4.06. The molecule has 2 aliphatic heterocycles. The number of nitrogens with one attached hydrogen (secondary N) is 1. The number of sulfonamides is 1. The van der Waals surface area contributed by atoms with Gasteiger partial charge in [0.15, 0.2) is 0 Å². The third-order valence-electron chi connectivity index (χ3n) is 5.05. The number of carbonyl (C=O) groups excluding carboxylic acids is 1. The van der Waals surface area contributed by atoms with E-state index in [0.717, 1.165) is 18.1 Å². The van der Waals surface area contributed by atoms with Crippen molar-refractivity contribution in [3.63, 3.8) is 0 Å². The number of hydrogen-bond donors (Lipinski definition) is 1. The zero-order valence-electron chi connectivity index (χ0n) is 14.3. The maximum Gasteiger partial charge on any atom is 0.267 e. The normalized spacial score (nSPS) is 19.5. The lowest BCUT2D eigenvalue weighted by molar-refractivity contribution is -0.116. The molecule has 0 aromatic heterocycles. The van der Waals surface area contributed by atoms with Crippen molar-refractivity contribution in [2.24, 2.45) is 0 Å². The SMILES string of the molecule is CC1CCc2ccccc2N1S(=O)(=O)c1cc2c(cc1F)NC(=O)CC2. The fourth-order valence-electron chi connectivity index (χ4n) is 3.71. The van der Waals surface area contributed by atoms with Crippen LogP contribution in [0.2, 0.25) is 0 Å². The number of nitrogens with zero attached hydrogens (tertiary/aromatic N) is 1. The first kappa shape index (κ1) is 17.0. The number of anilines is 2. The molecule has 2 aliphatic rings. The molecule has 1 unspecified atom stereocenters. The Hall–Kier alpha value is -2.41. The summed E-state index contributed by atoms with van der Waals surface area (Å²) in [6, 6.07) is 9.55. The summed E-state index contributed by atoms with van der Waals surface area (Å²) in [5.74, 6) is -1.03. The minimum Gasteiger partial charge on any atom is -0.326 e. The van der Waals surface area contributed by atoms with Gasteiger partial charge in [0.2, 0.25) is 5.91 Å². The molecule has 7 heteroatoms. The molecule has 1 atom stereocenters. The van der Waals surface area contributed by atoms with E-state index in [0.29, 0.717) is 29.8 Å². The van der Waals surface area contributed by atoms with Gasteiger partial charge in [-0.05, 0) is 55.5 Å². The average molecular weight is 374 g/mol. The van der Waals surface area contributed by atoms with E-state index in [1.54, 1.807) is 12.1 Å². The highest BCUT2D eigenvalue weighted by atomic mass is 32.2. The number of para-hydroxylation sites is 1. The van der Waals surface area contributed by atoms with Crippen molar-refractivity contribution in [2.45, 2.75) is 43.5 Å². The maximum atomic E-state index is 14.7. The van der Waals surface area contributed by atoms with Crippen LogP contribution in [-0.4, -0.2) is 20.4 Å². The monoisotopic (exact) mass is 374 g/mol. The van der Waals surface area contributed by atoms with E-state index < -0.39 is 15.8 Å². The van der Waals surface area contributed by atoms with E-state index in [1.165, 1.54) is 10.4 Å². The van der Waals surface area contributed by atoms with Gasteiger partial charge >= 0.3 is 0 Å². The lowest BCUT2D eigenvalue weighted by Gasteiger charge is -2.36. The molecule has 0 saturated heterocycles. The molecule has 2 heterocycles. The summed E-state index contributed by atoms with van der Waals surface area (Å²) in [6.45, 7) is 1.84. The summed E-state index contributed by atoms with van der Waals surface area (Å²) in [5.41, 5.74) is 2.55. The number of amides is 1. The highest BCUT2D eigenvalue weighted by Gasteiger charge is 2.36. The second-order valence-electron chi connectivity index (χ2n) is 6.81. The summed E-state index contributed by atoms with van der Waals surface area (Å²) in [7, 11) is -4.06. The molecule has 0 radical (unpaired) electrons. The van der Waals surface area contributed by atoms with Crippen molar-refractivity contribution >= 4 is 27.3 Å². The largest absolute Gasteiger partial charge is 0.326 e. The Bertz CT molecular complexity index is 1000. The Kier molecular flexibility index (Phi) is 3.99. The van der Waals surface area contributed by atoms with Crippen LogP contribution in [0.3, 0.4) is 0 Å². The van der Waals surface area contributed by atoms with Gasteiger partial charge in [0.25, 0.3) is 10.0 Å². The molecule has 0 saturated carbocycles. The number of halogens is 1. The van der Waals surface area contributed by atoms with Crippen molar-refractivity contribution in [1.82, 2.24) is 0 Å². The van der Waals surface area contributed by atoms with Crippen molar-refractivity contribution < 1.29 is 17.6 Å². The second-order valence-corrected chi connectivity index (χ2v) is 8.59. The van der Waals surface area contributed by atoms with Gasteiger partial charge in [-0.1, -0.05) is 18.2 Å². The quantitative estimate of drug-likeness (QED) is 0.878. The summed E-state index contributed by atoms with van der Waals surface area (Å²) in [4.78, 5) is 11.1. The molecule has 4 rings (SSSR count). The van der Waals surface area contributed by atoms with E-state index in [9.17, 15) is 17.6 Å². The topological polar surface area (TPSA) is 66.5 Å². The van der Waals surface area contributed by atoms with Crippen LogP contribution in [0.5, 0.6) is 0 Å². The number of benzene rings is 2. The van der Waals surface area contributed by atoms with Gasteiger partial charge in [0.1, 0.15) is 10.7 Å². The van der Waals surface area contributed by atoms with Gasteiger partial charge < -0.3 is 5.32 Å². The molecular weight excluding hydrogens is 355 g/mol. The van der Waals surface area contributed by atoms with Crippen LogP contribution >= 0.6 is 0 Å². The molecule has 1 N–H and O–H groups in total. The molecule has 1 amide bonds. The minimum absolute atomic E-state index is 0.189. The van der Waals surface area contributed by atoms with Crippen LogP contribution in [0.25, 0.3) is 0 Å². The van der Waals surface area contributed by atoms with Crippen molar-refractivity contribution in [2.75, 3.05) is 9.62 Å². The first-order valence-electron chi connectivity index (χ1n) is 8.62. The highest BCUT2D eigenvalue weighted by Crippen LogP contribution is 2.37. The standard InChI is InChI=1S/C19H19FN2O3S/c1-12-6-7-13-4-2-3-5-17(13)22(12)26(24,25)18-10-14-8-9-19(23)21-16(14)11-15(18)20/h2-5,10-12H,6-9H2,1H3,(H,21,23). The van der Waals surface area contributed by atoms with Crippen molar-refractivity contribution in [1.29, 1.82) is 0 Å². The summed E-state index contributed by atoms with van der Waals surface area (Å²) in [5, 5.41) is 2.60. The van der Waals surface area contributed by atoms with Gasteiger partial charge in [-0.25, -0.2) is 12.8 Å². The first-order chi connectivity index (χ1) is 12.4.